The molecule has 0 fully saturated rings. The molecule has 11 nitrogen and oxygen atoms in total. The Morgan fingerprint density at radius 3 is 2.24 bits per heavy atom. The van der Waals surface area contributed by atoms with Crippen LogP contribution < -0.4 is 26.8 Å². The Labute approximate surface area is 238 Å². The average molecular weight is 561 g/mol. The van der Waals surface area contributed by atoms with E-state index in [0.717, 1.165) is 6.42 Å². The first kappa shape index (κ1) is 30.8. The van der Waals surface area contributed by atoms with E-state index in [1.807, 2.05) is 13.8 Å². The van der Waals surface area contributed by atoms with Crippen molar-refractivity contribution in [3.8, 4) is 17.0 Å². The van der Waals surface area contributed by atoms with Crippen LogP contribution in [-0.2, 0) is 0 Å². The summed E-state index contributed by atoms with van der Waals surface area (Å²) in [6, 6.07) is 13.6. The zero-order valence-corrected chi connectivity index (χ0v) is 23.4. The minimum absolute atomic E-state index is 0.0637. The minimum atomic E-state index is -1.27. The van der Waals surface area contributed by atoms with Crippen LogP contribution in [0.1, 0.15) is 70.4 Å². The molecule has 0 aliphatic carbocycles. The van der Waals surface area contributed by atoms with Gasteiger partial charge in [0.1, 0.15) is 11.5 Å². The lowest BCUT2D eigenvalue weighted by Gasteiger charge is -2.20. The van der Waals surface area contributed by atoms with Gasteiger partial charge < -0.3 is 31.9 Å². The van der Waals surface area contributed by atoms with Gasteiger partial charge >= 0.3 is 5.97 Å². The number of nitrogens with two attached hydrogens (primary N) is 2. The van der Waals surface area contributed by atoms with Crippen molar-refractivity contribution in [2.24, 2.45) is 17.4 Å². The third kappa shape index (κ3) is 8.12. The number of carboxylic acid groups (broad SMARTS) is 1. The predicted molar refractivity (Wildman–Crippen MR) is 158 cm³/mol. The Morgan fingerprint density at radius 1 is 1.00 bits per heavy atom. The molecule has 0 saturated carbocycles. The number of amidine groups is 1. The molecular formula is C30H36N6O5. The van der Waals surface area contributed by atoms with E-state index in [9.17, 15) is 19.5 Å². The second kappa shape index (κ2) is 14.0. The molecule has 0 aliphatic heterocycles. The van der Waals surface area contributed by atoms with Crippen LogP contribution in [0.4, 0.5) is 5.69 Å². The number of rotatable bonds is 13. The summed E-state index contributed by atoms with van der Waals surface area (Å²) in [7, 11) is 0. The van der Waals surface area contributed by atoms with Crippen LogP contribution in [0.15, 0.2) is 54.6 Å². The molecule has 0 saturated heterocycles. The van der Waals surface area contributed by atoms with Gasteiger partial charge in [0.15, 0.2) is 0 Å². The van der Waals surface area contributed by atoms with Crippen LogP contribution in [0.2, 0.25) is 0 Å². The fraction of sp³-hybridized carbons (Fsp3) is 0.300. The first-order chi connectivity index (χ1) is 19.5. The molecule has 8 N–H and O–H groups in total. The molecule has 3 aromatic rings. The van der Waals surface area contributed by atoms with Crippen molar-refractivity contribution >= 4 is 29.3 Å². The molecule has 216 valence electrons. The van der Waals surface area contributed by atoms with Gasteiger partial charge in [0, 0.05) is 34.5 Å². The molecule has 0 spiro atoms. The summed E-state index contributed by atoms with van der Waals surface area (Å²) in [6.07, 6.45) is 1.34. The van der Waals surface area contributed by atoms with E-state index in [2.05, 4.69) is 15.6 Å². The number of nitrogens with zero attached hydrogens (tertiary/aromatic N) is 1. The van der Waals surface area contributed by atoms with Gasteiger partial charge in [-0.15, -0.1) is 0 Å². The number of ether oxygens (including phenoxy) is 1. The summed E-state index contributed by atoms with van der Waals surface area (Å²) in [4.78, 5) is 43.1. The van der Waals surface area contributed by atoms with Gasteiger partial charge in [-0.1, -0.05) is 19.9 Å². The third-order valence-corrected chi connectivity index (χ3v) is 6.24. The topological polar surface area (TPSA) is 194 Å². The summed E-state index contributed by atoms with van der Waals surface area (Å²) >= 11 is 0. The number of carbonyl (C=O) groups excluding carboxylic acids is 2. The first-order valence-corrected chi connectivity index (χ1v) is 13.3. The van der Waals surface area contributed by atoms with Crippen LogP contribution >= 0.6 is 0 Å². The summed E-state index contributed by atoms with van der Waals surface area (Å²) in [5.41, 5.74) is 12.5. The van der Waals surface area contributed by atoms with Gasteiger partial charge in [-0.3, -0.25) is 15.0 Å². The van der Waals surface area contributed by atoms with Gasteiger partial charge in [0.25, 0.3) is 11.8 Å². The largest absolute Gasteiger partial charge is 0.478 e. The monoisotopic (exact) mass is 560 g/mol. The van der Waals surface area contributed by atoms with Crippen molar-refractivity contribution in [1.82, 2.24) is 10.3 Å². The lowest BCUT2D eigenvalue weighted by molar-refractivity contribution is 0.0697. The summed E-state index contributed by atoms with van der Waals surface area (Å²) < 4.78 is 5.49. The fourth-order valence-corrected chi connectivity index (χ4v) is 4.37. The Morgan fingerprint density at radius 2 is 1.66 bits per heavy atom. The van der Waals surface area contributed by atoms with Gasteiger partial charge in [-0.05, 0) is 80.3 Å². The van der Waals surface area contributed by atoms with Crippen LogP contribution in [0.25, 0.3) is 11.1 Å². The number of amides is 2. The summed E-state index contributed by atoms with van der Waals surface area (Å²) in [6.45, 7) is 6.59. The molecule has 11 heteroatoms. The highest BCUT2D eigenvalue weighted by Gasteiger charge is 2.23. The molecule has 0 aliphatic rings. The molecule has 0 bridgehead atoms. The highest BCUT2D eigenvalue weighted by molar-refractivity contribution is 6.10. The number of hydrogen-bond donors (Lipinski definition) is 6. The van der Waals surface area contributed by atoms with E-state index in [4.69, 9.17) is 21.6 Å². The molecule has 1 aromatic heterocycles. The number of nitrogens with one attached hydrogen (secondary N) is 3. The van der Waals surface area contributed by atoms with E-state index in [0.29, 0.717) is 36.7 Å². The number of pyridine rings is 1. The molecule has 0 radical (unpaired) electrons. The van der Waals surface area contributed by atoms with E-state index in [1.54, 1.807) is 43.3 Å². The van der Waals surface area contributed by atoms with Crippen molar-refractivity contribution in [3.63, 3.8) is 0 Å². The normalized spacial score (nSPS) is 11.5. The molecule has 3 rings (SSSR count). The fourth-order valence-electron chi connectivity index (χ4n) is 4.37. The number of aromatic carboxylic acids is 1. The highest BCUT2D eigenvalue weighted by atomic mass is 16.5. The molecule has 1 heterocycles. The first-order valence-electron chi connectivity index (χ1n) is 13.3. The molecular weight excluding hydrogens is 524 g/mol. The number of hydrogen-bond acceptors (Lipinski definition) is 7. The van der Waals surface area contributed by atoms with E-state index in [-0.39, 0.29) is 45.7 Å². The standard InChI is InChI=1S/C30H36N6O5/c1-4-41-25-12-11-23(26(36-25)29(38)34-20-8-5-18(6-9-20)27(32)33)22-10-7-19(16-24(22)30(39)40)28(37)35-21(13-14-31)15-17(2)3/h5-12,16-17,21H,4,13-15,31H2,1-3H3,(H3,32,33)(H,34,38)(H,35,37)(H,39,40)/t21-/m1/s1. The summed E-state index contributed by atoms with van der Waals surface area (Å²) in [5.74, 6) is -1.85. The molecule has 1 atom stereocenters. The van der Waals surface area contributed by atoms with Crippen molar-refractivity contribution in [2.45, 2.75) is 39.7 Å². The maximum atomic E-state index is 13.4. The van der Waals surface area contributed by atoms with Gasteiger partial charge in [-0.25, -0.2) is 9.78 Å². The molecule has 2 aromatic carbocycles. The molecule has 0 unspecified atom stereocenters. The van der Waals surface area contributed by atoms with Gasteiger partial charge in [-0.2, -0.15) is 0 Å². The van der Waals surface area contributed by atoms with Crippen molar-refractivity contribution < 1.29 is 24.2 Å². The second-order valence-electron chi connectivity index (χ2n) is 9.87. The molecule has 2 amide bonds. The number of aromatic nitrogens is 1. The lowest BCUT2D eigenvalue weighted by atomic mass is 9.95. The number of anilines is 1. The highest BCUT2D eigenvalue weighted by Crippen LogP contribution is 2.30. The predicted octanol–water partition coefficient (Wildman–Crippen LogP) is 3.88. The van der Waals surface area contributed by atoms with Crippen molar-refractivity contribution in [2.75, 3.05) is 18.5 Å². The van der Waals surface area contributed by atoms with E-state index < -0.39 is 17.8 Å². The van der Waals surface area contributed by atoms with Gasteiger partial charge in [0.2, 0.25) is 5.88 Å². The number of carbonyl (C=O) groups is 3. The lowest BCUT2D eigenvalue weighted by Crippen LogP contribution is -2.37. The van der Waals surface area contributed by atoms with Crippen LogP contribution in [0.3, 0.4) is 0 Å². The quantitative estimate of drug-likeness (QED) is 0.134. The number of benzene rings is 2. The Bertz CT molecular complexity index is 1420. The van der Waals surface area contributed by atoms with Crippen LogP contribution in [0.5, 0.6) is 5.88 Å². The van der Waals surface area contributed by atoms with Crippen molar-refractivity contribution in [1.29, 1.82) is 5.41 Å². The second-order valence-corrected chi connectivity index (χ2v) is 9.87. The van der Waals surface area contributed by atoms with E-state index >= 15 is 0 Å². The average Bonchev–Trinajstić information content (AvgIpc) is 2.93. The Balaban J connectivity index is 2.01. The Hall–Kier alpha value is -4.77. The van der Waals surface area contributed by atoms with Crippen LogP contribution in [0, 0.1) is 11.3 Å². The minimum Gasteiger partial charge on any atom is -0.478 e. The summed E-state index contributed by atoms with van der Waals surface area (Å²) in [5, 5.41) is 23.3. The zero-order valence-electron chi connectivity index (χ0n) is 23.4. The maximum Gasteiger partial charge on any atom is 0.336 e. The van der Waals surface area contributed by atoms with Crippen LogP contribution in [-0.4, -0.2) is 52.9 Å². The Kier molecular flexibility index (Phi) is 10.5. The number of nitrogen functional groups attached to an aromatic ring is 1. The van der Waals surface area contributed by atoms with E-state index in [1.165, 1.54) is 18.2 Å². The smallest absolute Gasteiger partial charge is 0.336 e. The maximum absolute atomic E-state index is 13.4. The zero-order chi connectivity index (χ0) is 30.1. The number of carboxylic acids is 1. The van der Waals surface area contributed by atoms with Gasteiger partial charge in [0.05, 0.1) is 12.2 Å². The SMILES string of the molecule is CCOc1ccc(-c2ccc(C(=O)N[C@H](CCN)CC(C)C)cc2C(=O)O)c(C(=O)Nc2ccc(C(=N)N)cc2)n1. The van der Waals surface area contributed by atoms with Crippen molar-refractivity contribution in [3.05, 3.63) is 77.0 Å². The third-order valence-electron chi connectivity index (χ3n) is 6.24. The molecule has 41 heavy (non-hydrogen) atoms.